The maximum Gasteiger partial charge on any atom is 0.262 e. The Morgan fingerprint density at radius 2 is 1.72 bits per heavy atom. The summed E-state index contributed by atoms with van der Waals surface area (Å²) in [5, 5.41) is 4.10. The molecule has 3 aliphatic rings. The number of fused-ring (bicyclic) bond motifs is 2. The number of aryl methyl sites for hydroxylation is 1. The summed E-state index contributed by atoms with van der Waals surface area (Å²) >= 11 is 0. The van der Waals surface area contributed by atoms with E-state index < -0.39 is 0 Å². The van der Waals surface area contributed by atoms with E-state index in [1.165, 1.54) is 26.3 Å². The number of Topliss-reactive ketones (excluding diaryl/α,β-unsaturated/α-hetero) is 1. The molecule has 1 N–H and O–H groups in total. The molecule has 1 saturated carbocycles. The van der Waals surface area contributed by atoms with Gasteiger partial charge in [0.1, 0.15) is 17.5 Å². The highest BCUT2D eigenvalue weighted by molar-refractivity contribution is 6.00. The average Bonchev–Trinajstić information content (AvgIpc) is 3.56. The van der Waals surface area contributed by atoms with Crippen molar-refractivity contribution < 1.29 is 4.79 Å². The third kappa shape index (κ3) is 4.05. The fourth-order valence-corrected chi connectivity index (χ4v) is 6.35. The predicted molar refractivity (Wildman–Crippen MR) is 140 cm³/mol. The van der Waals surface area contributed by atoms with Gasteiger partial charge in [0.25, 0.3) is 5.56 Å². The summed E-state index contributed by atoms with van der Waals surface area (Å²) < 4.78 is 1.83. The fourth-order valence-electron chi connectivity index (χ4n) is 6.35. The number of hydrogen-bond donors (Lipinski definition) is 1. The smallest absolute Gasteiger partial charge is 0.262 e. The largest absolute Gasteiger partial charge is 0.352 e. The summed E-state index contributed by atoms with van der Waals surface area (Å²) in [7, 11) is 0. The average molecular weight is 488 g/mol. The van der Waals surface area contributed by atoms with Crippen LogP contribution in [0.1, 0.15) is 67.4 Å². The molecular weight excluding hydrogens is 454 g/mol. The zero-order chi connectivity index (χ0) is 24.8. The molecule has 1 aliphatic carbocycles. The molecule has 36 heavy (non-hydrogen) atoms. The lowest BCUT2D eigenvalue weighted by atomic mass is 10.0. The number of rotatable bonds is 5. The van der Waals surface area contributed by atoms with Gasteiger partial charge in [-0.25, -0.2) is 15.0 Å². The highest BCUT2D eigenvalue weighted by atomic mass is 16.1. The highest BCUT2D eigenvalue weighted by Crippen LogP contribution is 2.33. The van der Waals surface area contributed by atoms with Crippen molar-refractivity contribution in [2.75, 3.05) is 36.4 Å². The number of piperazine rings is 1. The molecule has 3 fully saturated rings. The molecule has 9 nitrogen and oxygen atoms in total. The van der Waals surface area contributed by atoms with Crippen LogP contribution >= 0.6 is 0 Å². The molecule has 0 amide bonds. The molecule has 1 unspecified atom stereocenters. The molecule has 1 atom stereocenters. The van der Waals surface area contributed by atoms with Gasteiger partial charge in [-0.2, -0.15) is 0 Å². The Balaban J connectivity index is 1.29. The Kier molecular flexibility index (Phi) is 5.95. The number of carbonyl (C=O) groups excluding carboxylic acids is 1. The summed E-state index contributed by atoms with van der Waals surface area (Å²) in [5.74, 6) is 1.92. The minimum atomic E-state index is -0.196. The maximum absolute atomic E-state index is 13.4. The van der Waals surface area contributed by atoms with Crippen molar-refractivity contribution in [1.29, 1.82) is 0 Å². The summed E-state index contributed by atoms with van der Waals surface area (Å²) in [6.45, 7) is 7.59. The zero-order valence-corrected chi connectivity index (χ0v) is 21.0. The van der Waals surface area contributed by atoms with E-state index in [1.807, 2.05) is 23.8 Å². The Bertz CT molecular complexity index is 1360. The number of nitrogens with one attached hydrogen (secondary N) is 1. The Labute approximate surface area is 210 Å². The standard InChI is InChI=1S/C27H33N7O2/c1-17-21-13-28-23(12-22(21)34(19-6-3-4-7-19)27(36)26(17)18(2)35)31-24-14-30-25(15-29-24)33-11-10-32-9-5-8-20(32)16-33/h12-15,19-20H,3-11,16H2,1-2H3,(H,28,29,31). The van der Waals surface area contributed by atoms with Gasteiger partial charge in [-0.3, -0.25) is 14.5 Å². The second kappa shape index (κ2) is 9.28. The van der Waals surface area contributed by atoms with E-state index in [1.54, 1.807) is 12.4 Å². The first-order valence-electron chi connectivity index (χ1n) is 13.1. The van der Waals surface area contributed by atoms with Crippen molar-refractivity contribution in [3.05, 3.63) is 46.1 Å². The van der Waals surface area contributed by atoms with Gasteiger partial charge in [0.15, 0.2) is 5.78 Å². The number of pyridine rings is 2. The van der Waals surface area contributed by atoms with Gasteiger partial charge in [0, 0.05) is 49.4 Å². The number of nitrogens with zero attached hydrogens (tertiary/aromatic N) is 6. The molecule has 2 saturated heterocycles. The van der Waals surface area contributed by atoms with E-state index >= 15 is 0 Å². The zero-order valence-electron chi connectivity index (χ0n) is 21.0. The van der Waals surface area contributed by atoms with Crippen LogP contribution in [-0.4, -0.2) is 62.4 Å². The Morgan fingerprint density at radius 3 is 2.47 bits per heavy atom. The molecule has 3 aromatic heterocycles. The van der Waals surface area contributed by atoms with Crippen molar-refractivity contribution in [1.82, 2.24) is 24.4 Å². The summed E-state index contributed by atoms with van der Waals surface area (Å²) in [5.41, 5.74) is 1.59. The molecular formula is C27H33N7O2. The SMILES string of the molecule is CC(=O)c1c(C)c2cnc(Nc3cnc(N4CCN5CCCC5C4)cn3)cc2n(C2CCCC2)c1=O. The molecule has 5 heterocycles. The number of aromatic nitrogens is 4. The van der Waals surface area contributed by atoms with Crippen LogP contribution in [0.15, 0.2) is 29.5 Å². The second-order valence-corrected chi connectivity index (χ2v) is 10.4. The number of carbonyl (C=O) groups is 1. The molecule has 0 radical (unpaired) electrons. The van der Waals surface area contributed by atoms with Crippen LogP contribution in [0.4, 0.5) is 17.5 Å². The number of ketones is 1. The van der Waals surface area contributed by atoms with E-state index in [4.69, 9.17) is 0 Å². The molecule has 0 bridgehead atoms. The van der Waals surface area contributed by atoms with Crippen LogP contribution in [0.25, 0.3) is 10.9 Å². The summed E-state index contributed by atoms with van der Waals surface area (Å²) in [4.78, 5) is 44.5. The molecule has 6 rings (SSSR count). The Hall–Kier alpha value is -3.33. The van der Waals surface area contributed by atoms with Gasteiger partial charge < -0.3 is 14.8 Å². The maximum atomic E-state index is 13.4. The summed E-state index contributed by atoms with van der Waals surface area (Å²) in [6, 6.07) is 2.64. The first-order valence-corrected chi connectivity index (χ1v) is 13.1. The lowest BCUT2D eigenvalue weighted by molar-refractivity contribution is 0.101. The number of anilines is 3. The van der Waals surface area contributed by atoms with E-state index in [-0.39, 0.29) is 22.9 Å². The molecule has 188 valence electrons. The lowest BCUT2D eigenvalue weighted by Crippen LogP contribution is -2.50. The first kappa shape index (κ1) is 23.1. The van der Waals surface area contributed by atoms with E-state index in [0.29, 0.717) is 23.2 Å². The van der Waals surface area contributed by atoms with Crippen LogP contribution in [0.2, 0.25) is 0 Å². The number of hydrogen-bond acceptors (Lipinski definition) is 8. The second-order valence-electron chi connectivity index (χ2n) is 10.4. The predicted octanol–water partition coefficient (Wildman–Crippen LogP) is 3.84. The van der Waals surface area contributed by atoms with Crippen molar-refractivity contribution in [2.45, 2.75) is 64.5 Å². The van der Waals surface area contributed by atoms with Gasteiger partial charge in [0.2, 0.25) is 0 Å². The normalized spacial score (nSPS) is 20.7. The minimum absolute atomic E-state index is 0.105. The molecule has 0 spiro atoms. The van der Waals surface area contributed by atoms with Gasteiger partial charge in [-0.15, -0.1) is 0 Å². The lowest BCUT2D eigenvalue weighted by Gasteiger charge is -2.37. The molecule has 2 aliphatic heterocycles. The fraction of sp³-hybridized carbons (Fsp3) is 0.519. The van der Waals surface area contributed by atoms with Gasteiger partial charge in [-0.05, 0) is 51.6 Å². The van der Waals surface area contributed by atoms with Crippen LogP contribution in [0.5, 0.6) is 0 Å². The van der Waals surface area contributed by atoms with Gasteiger partial charge in [0.05, 0.1) is 23.5 Å². The van der Waals surface area contributed by atoms with Crippen LogP contribution < -0.4 is 15.8 Å². The van der Waals surface area contributed by atoms with Gasteiger partial charge in [-0.1, -0.05) is 12.8 Å². The van der Waals surface area contributed by atoms with Crippen molar-refractivity contribution in [3.63, 3.8) is 0 Å². The van der Waals surface area contributed by atoms with E-state index in [9.17, 15) is 9.59 Å². The third-order valence-corrected chi connectivity index (χ3v) is 8.20. The van der Waals surface area contributed by atoms with Crippen molar-refractivity contribution in [2.24, 2.45) is 0 Å². The summed E-state index contributed by atoms with van der Waals surface area (Å²) in [6.07, 6.45) is 12.0. The van der Waals surface area contributed by atoms with Crippen LogP contribution in [-0.2, 0) is 0 Å². The highest BCUT2D eigenvalue weighted by Gasteiger charge is 2.31. The molecule has 9 heteroatoms. The first-order chi connectivity index (χ1) is 17.5. The van der Waals surface area contributed by atoms with E-state index in [2.05, 4.69) is 30.1 Å². The molecule has 3 aromatic rings. The monoisotopic (exact) mass is 487 g/mol. The third-order valence-electron chi connectivity index (χ3n) is 8.20. The van der Waals surface area contributed by atoms with Crippen molar-refractivity contribution in [3.8, 4) is 0 Å². The van der Waals surface area contributed by atoms with Crippen LogP contribution in [0.3, 0.4) is 0 Å². The van der Waals surface area contributed by atoms with Crippen molar-refractivity contribution >= 4 is 34.1 Å². The Morgan fingerprint density at radius 1 is 0.944 bits per heavy atom. The van der Waals surface area contributed by atoms with Gasteiger partial charge >= 0.3 is 0 Å². The molecule has 0 aromatic carbocycles. The minimum Gasteiger partial charge on any atom is -0.352 e. The van der Waals surface area contributed by atoms with Crippen LogP contribution in [0, 0.1) is 6.92 Å². The van der Waals surface area contributed by atoms with E-state index in [0.717, 1.165) is 62.0 Å². The quantitative estimate of drug-likeness (QED) is 0.543. The topological polar surface area (TPSA) is 96.2 Å².